The standard InChI is InChI=1S/C11H23NO4/c1-2-14-6-10(13)7-16-11(8-12)4-3-5-15-9-11/h10,13H,2-9,12H2,1H3. The van der Waals surface area contributed by atoms with Crippen molar-refractivity contribution in [3.63, 3.8) is 0 Å². The molecule has 1 rings (SSSR count). The van der Waals surface area contributed by atoms with E-state index < -0.39 is 11.7 Å². The van der Waals surface area contributed by atoms with Crippen molar-refractivity contribution in [3.05, 3.63) is 0 Å². The third-order valence-corrected chi connectivity index (χ3v) is 2.75. The normalized spacial score (nSPS) is 27.9. The van der Waals surface area contributed by atoms with Crippen LogP contribution in [0.1, 0.15) is 19.8 Å². The van der Waals surface area contributed by atoms with E-state index in [-0.39, 0.29) is 6.61 Å². The van der Waals surface area contributed by atoms with Crippen molar-refractivity contribution >= 4 is 0 Å². The van der Waals surface area contributed by atoms with Crippen molar-refractivity contribution in [2.24, 2.45) is 5.73 Å². The van der Waals surface area contributed by atoms with Gasteiger partial charge in [0.1, 0.15) is 11.7 Å². The minimum absolute atomic E-state index is 0.251. The molecule has 0 aromatic rings. The van der Waals surface area contributed by atoms with Gasteiger partial charge in [-0.1, -0.05) is 0 Å². The van der Waals surface area contributed by atoms with E-state index in [1.807, 2.05) is 6.92 Å². The van der Waals surface area contributed by atoms with Crippen molar-refractivity contribution < 1.29 is 19.3 Å². The summed E-state index contributed by atoms with van der Waals surface area (Å²) >= 11 is 0. The highest BCUT2D eigenvalue weighted by Gasteiger charge is 2.33. The molecule has 3 N–H and O–H groups in total. The Balaban J connectivity index is 2.27. The van der Waals surface area contributed by atoms with Crippen LogP contribution in [-0.2, 0) is 14.2 Å². The molecule has 1 saturated heterocycles. The van der Waals surface area contributed by atoms with Crippen molar-refractivity contribution in [1.29, 1.82) is 0 Å². The van der Waals surface area contributed by atoms with Crippen LogP contribution in [0.25, 0.3) is 0 Å². The lowest BCUT2D eigenvalue weighted by Crippen LogP contribution is -2.49. The molecule has 2 unspecified atom stereocenters. The summed E-state index contributed by atoms with van der Waals surface area (Å²) in [5, 5.41) is 9.59. The monoisotopic (exact) mass is 233 g/mol. The van der Waals surface area contributed by atoms with Crippen molar-refractivity contribution in [2.75, 3.05) is 39.6 Å². The van der Waals surface area contributed by atoms with Crippen molar-refractivity contribution in [3.8, 4) is 0 Å². The fourth-order valence-corrected chi connectivity index (χ4v) is 1.74. The smallest absolute Gasteiger partial charge is 0.104 e. The van der Waals surface area contributed by atoms with E-state index in [0.717, 1.165) is 19.4 Å². The maximum absolute atomic E-state index is 9.59. The molecule has 1 heterocycles. The summed E-state index contributed by atoms with van der Waals surface area (Å²) in [7, 11) is 0. The first-order valence-electron chi connectivity index (χ1n) is 5.90. The van der Waals surface area contributed by atoms with Gasteiger partial charge in [-0.2, -0.15) is 0 Å². The second-order valence-corrected chi connectivity index (χ2v) is 4.17. The van der Waals surface area contributed by atoms with Crippen molar-refractivity contribution in [1.82, 2.24) is 0 Å². The van der Waals surface area contributed by atoms with Crippen LogP contribution in [0.5, 0.6) is 0 Å². The summed E-state index contributed by atoms with van der Waals surface area (Å²) in [6, 6.07) is 0. The van der Waals surface area contributed by atoms with Crippen LogP contribution in [0.2, 0.25) is 0 Å². The van der Waals surface area contributed by atoms with E-state index in [9.17, 15) is 5.11 Å². The lowest BCUT2D eigenvalue weighted by Gasteiger charge is -2.36. The van der Waals surface area contributed by atoms with Gasteiger partial charge >= 0.3 is 0 Å². The van der Waals surface area contributed by atoms with Gasteiger partial charge < -0.3 is 25.1 Å². The van der Waals surface area contributed by atoms with Crippen LogP contribution < -0.4 is 5.73 Å². The Bertz CT molecular complexity index is 183. The SMILES string of the molecule is CCOCC(O)COC1(CN)CCCOC1. The Kier molecular flexibility index (Phi) is 6.23. The number of aliphatic hydroxyl groups excluding tert-OH is 1. The molecule has 0 aliphatic carbocycles. The summed E-state index contributed by atoms with van der Waals surface area (Å²) in [6.07, 6.45) is 1.26. The molecule has 1 aliphatic rings. The molecule has 1 fully saturated rings. The highest BCUT2D eigenvalue weighted by Crippen LogP contribution is 2.22. The first-order valence-corrected chi connectivity index (χ1v) is 5.90. The summed E-state index contributed by atoms with van der Waals surface area (Å²) < 4.78 is 16.2. The maximum atomic E-state index is 9.59. The van der Waals surface area contributed by atoms with E-state index in [2.05, 4.69) is 0 Å². The minimum atomic E-state index is -0.592. The zero-order chi connectivity index (χ0) is 11.9. The van der Waals surface area contributed by atoms with E-state index in [0.29, 0.717) is 26.4 Å². The quantitative estimate of drug-likeness (QED) is 0.643. The maximum Gasteiger partial charge on any atom is 0.104 e. The molecule has 5 nitrogen and oxygen atoms in total. The summed E-state index contributed by atoms with van der Waals surface area (Å²) in [5.74, 6) is 0. The van der Waals surface area contributed by atoms with Gasteiger partial charge in [0.25, 0.3) is 0 Å². The fraction of sp³-hybridized carbons (Fsp3) is 1.00. The first-order chi connectivity index (χ1) is 7.72. The van der Waals surface area contributed by atoms with Crippen LogP contribution in [0, 0.1) is 0 Å². The molecular weight excluding hydrogens is 210 g/mol. The van der Waals surface area contributed by atoms with E-state index in [4.69, 9.17) is 19.9 Å². The van der Waals surface area contributed by atoms with Gasteiger partial charge in [-0.05, 0) is 19.8 Å². The molecule has 0 aromatic carbocycles. The Morgan fingerprint density at radius 3 is 2.88 bits per heavy atom. The van der Waals surface area contributed by atoms with Crippen LogP contribution in [0.3, 0.4) is 0 Å². The van der Waals surface area contributed by atoms with Gasteiger partial charge in [-0.25, -0.2) is 0 Å². The number of ether oxygens (including phenoxy) is 3. The third-order valence-electron chi connectivity index (χ3n) is 2.75. The van der Waals surface area contributed by atoms with Crippen LogP contribution in [-0.4, -0.2) is 56.4 Å². The summed E-state index contributed by atoms with van der Waals surface area (Å²) in [6.45, 7) is 4.76. The van der Waals surface area contributed by atoms with Gasteiger partial charge in [-0.15, -0.1) is 0 Å². The molecule has 0 radical (unpaired) electrons. The number of hydrogen-bond acceptors (Lipinski definition) is 5. The Hall–Kier alpha value is -0.200. The van der Waals surface area contributed by atoms with Crippen molar-refractivity contribution in [2.45, 2.75) is 31.5 Å². The number of hydrogen-bond donors (Lipinski definition) is 2. The Labute approximate surface area is 96.9 Å². The molecule has 1 aliphatic heterocycles. The van der Waals surface area contributed by atoms with Gasteiger partial charge in [-0.3, -0.25) is 0 Å². The third kappa shape index (κ3) is 4.35. The molecular formula is C11H23NO4. The van der Waals surface area contributed by atoms with E-state index >= 15 is 0 Å². The molecule has 0 aromatic heterocycles. The molecule has 0 amide bonds. The zero-order valence-corrected chi connectivity index (χ0v) is 9.98. The number of aliphatic hydroxyl groups is 1. The van der Waals surface area contributed by atoms with Crippen LogP contribution in [0.15, 0.2) is 0 Å². The average molecular weight is 233 g/mol. The first kappa shape index (κ1) is 13.9. The topological polar surface area (TPSA) is 73.9 Å². The predicted molar refractivity (Wildman–Crippen MR) is 60.3 cm³/mol. The molecule has 96 valence electrons. The van der Waals surface area contributed by atoms with E-state index in [1.54, 1.807) is 0 Å². The lowest BCUT2D eigenvalue weighted by atomic mass is 9.96. The number of nitrogens with two attached hydrogens (primary N) is 1. The van der Waals surface area contributed by atoms with Gasteiger partial charge in [0, 0.05) is 19.8 Å². The predicted octanol–water partition coefficient (Wildman–Crippen LogP) is -0.0917. The molecule has 5 heteroatoms. The highest BCUT2D eigenvalue weighted by atomic mass is 16.6. The average Bonchev–Trinajstić information content (AvgIpc) is 2.35. The van der Waals surface area contributed by atoms with Gasteiger partial charge in [0.15, 0.2) is 0 Å². The van der Waals surface area contributed by atoms with Crippen LogP contribution in [0.4, 0.5) is 0 Å². The molecule has 0 bridgehead atoms. The second kappa shape index (κ2) is 7.19. The molecule has 0 saturated carbocycles. The van der Waals surface area contributed by atoms with E-state index in [1.165, 1.54) is 0 Å². The number of rotatable bonds is 7. The zero-order valence-electron chi connectivity index (χ0n) is 9.98. The van der Waals surface area contributed by atoms with Gasteiger partial charge in [0.05, 0.1) is 19.8 Å². The highest BCUT2D eigenvalue weighted by molar-refractivity contribution is 4.84. The van der Waals surface area contributed by atoms with Gasteiger partial charge in [0.2, 0.25) is 0 Å². The molecule has 16 heavy (non-hydrogen) atoms. The second-order valence-electron chi connectivity index (χ2n) is 4.17. The largest absolute Gasteiger partial charge is 0.388 e. The Morgan fingerprint density at radius 1 is 1.50 bits per heavy atom. The fourth-order valence-electron chi connectivity index (χ4n) is 1.74. The summed E-state index contributed by atoms with van der Waals surface area (Å²) in [4.78, 5) is 0. The molecule has 2 atom stereocenters. The minimum Gasteiger partial charge on any atom is -0.388 e. The molecule has 0 spiro atoms. The summed E-state index contributed by atoms with van der Waals surface area (Å²) in [5.41, 5.74) is 5.30. The lowest BCUT2D eigenvalue weighted by molar-refractivity contribution is -0.145. The Morgan fingerprint density at radius 2 is 2.31 bits per heavy atom. The van der Waals surface area contributed by atoms with Crippen LogP contribution >= 0.6 is 0 Å².